The summed E-state index contributed by atoms with van der Waals surface area (Å²) < 4.78 is 0. The number of carbonyl (C=O) groups is 1. The quantitative estimate of drug-likeness (QED) is 0.798. The lowest BCUT2D eigenvalue weighted by molar-refractivity contribution is -0.116. The van der Waals surface area contributed by atoms with Crippen molar-refractivity contribution in [2.45, 2.75) is 62.1 Å². The van der Waals surface area contributed by atoms with E-state index in [0.29, 0.717) is 6.42 Å². The summed E-state index contributed by atoms with van der Waals surface area (Å²) in [6, 6.07) is 8.46. The summed E-state index contributed by atoms with van der Waals surface area (Å²) in [5.41, 5.74) is 0.888. The predicted octanol–water partition coefficient (Wildman–Crippen LogP) is 4.05. The summed E-state index contributed by atoms with van der Waals surface area (Å²) in [4.78, 5) is 13.2. The molecule has 0 heterocycles. The Morgan fingerprint density at radius 1 is 1.29 bits per heavy atom. The van der Waals surface area contributed by atoms with E-state index in [-0.39, 0.29) is 11.9 Å². The van der Waals surface area contributed by atoms with Crippen LogP contribution in [0.4, 0.5) is 5.69 Å². The zero-order valence-electron chi connectivity index (χ0n) is 13.0. The topological polar surface area (TPSA) is 41.1 Å². The van der Waals surface area contributed by atoms with Gasteiger partial charge in [0.2, 0.25) is 5.91 Å². The predicted molar refractivity (Wildman–Crippen MR) is 90.9 cm³/mol. The van der Waals surface area contributed by atoms with E-state index in [1.165, 1.54) is 30.6 Å². The van der Waals surface area contributed by atoms with Gasteiger partial charge in [-0.2, -0.15) is 0 Å². The Morgan fingerprint density at radius 3 is 2.57 bits per heavy atom. The van der Waals surface area contributed by atoms with Gasteiger partial charge in [0.15, 0.2) is 0 Å². The number of nitrogens with one attached hydrogen (secondary N) is 2. The smallest absolute Gasteiger partial charge is 0.225 e. The Morgan fingerprint density at radius 2 is 1.95 bits per heavy atom. The second-order valence-corrected chi connectivity index (χ2v) is 7.13. The molecule has 1 aliphatic rings. The van der Waals surface area contributed by atoms with Crippen molar-refractivity contribution in [2.75, 3.05) is 11.9 Å². The molecule has 0 radical (unpaired) electrons. The SMILES string of the molecule is CCNC(C)CC(=O)Nc1ccc(SC2CCCC2)cc1. The van der Waals surface area contributed by atoms with Gasteiger partial charge in [-0.05, 0) is 50.6 Å². The first-order chi connectivity index (χ1) is 10.2. The maximum atomic E-state index is 11.9. The molecule has 0 saturated heterocycles. The van der Waals surface area contributed by atoms with Crippen molar-refractivity contribution in [1.29, 1.82) is 0 Å². The van der Waals surface area contributed by atoms with Gasteiger partial charge in [-0.1, -0.05) is 19.8 Å². The molecule has 2 rings (SSSR count). The van der Waals surface area contributed by atoms with Crippen LogP contribution in [0.25, 0.3) is 0 Å². The highest BCUT2D eigenvalue weighted by atomic mass is 32.2. The zero-order chi connectivity index (χ0) is 15.1. The third-order valence-corrected chi connectivity index (χ3v) is 5.14. The molecular weight excluding hydrogens is 280 g/mol. The van der Waals surface area contributed by atoms with Crippen LogP contribution in [0.1, 0.15) is 46.0 Å². The van der Waals surface area contributed by atoms with Crippen molar-refractivity contribution < 1.29 is 4.79 Å². The Bertz CT molecular complexity index is 441. The molecule has 0 spiro atoms. The number of hydrogen-bond donors (Lipinski definition) is 2. The minimum atomic E-state index is 0.0691. The van der Waals surface area contributed by atoms with Gasteiger partial charge in [0, 0.05) is 28.3 Å². The second kappa shape index (κ2) is 8.44. The first-order valence-electron chi connectivity index (χ1n) is 7.97. The van der Waals surface area contributed by atoms with Crippen LogP contribution < -0.4 is 10.6 Å². The summed E-state index contributed by atoms with van der Waals surface area (Å²) in [6.45, 7) is 4.97. The summed E-state index contributed by atoms with van der Waals surface area (Å²) in [5.74, 6) is 0.0691. The van der Waals surface area contributed by atoms with Crippen LogP contribution in [-0.4, -0.2) is 23.7 Å². The molecule has 1 aromatic carbocycles. The maximum absolute atomic E-state index is 11.9. The second-order valence-electron chi connectivity index (χ2n) is 5.76. The summed E-state index contributed by atoms with van der Waals surface area (Å²) in [6.07, 6.45) is 5.93. The van der Waals surface area contributed by atoms with E-state index >= 15 is 0 Å². The van der Waals surface area contributed by atoms with E-state index in [9.17, 15) is 4.79 Å². The van der Waals surface area contributed by atoms with E-state index < -0.39 is 0 Å². The maximum Gasteiger partial charge on any atom is 0.225 e. The van der Waals surface area contributed by atoms with E-state index in [1.807, 2.05) is 30.8 Å². The van der Waals surface area contributed by atoms with Crippen LogP contribution in [-0.2, 0) is 4.79 Å². The number of carbonyl (C=O) groups excluding carboxylic acids is 1. The van der Waals surface area contributed by atoms with Crippen LogP contribution in [0.3, 0.4) is 0 Å². The molecular formula is C17H26N2OS. The molecule has 1 saturated carbocycles. The van der Waals surface area contributed by atoms with Crippen molar-refractivity contribution >= 4 is 23.4 Å². The monoisotopic (exact) mass is 306 g/mol. The van der Waals surface area contributed by atoms with Gasteiger partial charge in [-0.25, -0.2) is 0 Å². The van der Waals surface area contributed by atoms with Gasteiger partial charge >= 0.3 is 0 Å². The van der Waals surface area contributed by atoms with Gasteiger partial charge in [-0.3, -0.25) is 4.79 Å². The number of hydrogen-bond acceptors (Lipinski definition) is 3. The van der Waals surface area contributed by atoms with Crippen molar-refractivity contribution in [1.82, 2.24) is 5.32 Å². The molecule has 2 N–H and O–H groups in total. The minimum Gasteiger partial charge on any atom is -0.326 e. The van der Waals surface area contributed by atoms with Gasteiger partial charge in [0.05, 0.1) is 0 Å². The first kappa shape index (κ1) is 16.4. The van der Waals surface area contributed by atoms with Gasteiger partial charge in [0.1, 0.15) is 0 Å². The largest absolute Gasteiger partial charge is 0.326 e. The fourth-order valence-corrected chi connectivity index (χ4v) is 3.97. The molecule has 1 unspecified atom stereocenters. The first-order valence-corrected chi connectivity index (χ1v) is 8.85. The lowest BCUT2D eigenvalue weighted by Crippen LogP contribution is -2.30. The Labute approximate surface area is 132 Å². The highest BCUT2D eigenvalue weighted by Crippen LogP contribution is 2.34. The lowest BCUT2D eigenvalue weighted by Gasteiger charge is -2.13. The third kappa shape index (κ3) is 5.71. The van der Waals surface area contributed by atoms with Crippen LogP contribution in [0, 0.1) is 0 Å². The molecule has 1 aromatic rings. The number of anilines is 1. The molecule has 0 bridgehead atoms. The van der Waals surface area contributed by atoms with Crippen LogP contribution in [0.15, 0.2) is 29.2 Å². The summed E-state index contributed by atoms with van der Waals surface area (Å²) in [5, 5.41) is 7.00. The third-order valence-electron chi connectivity index (χ3n) is 3.79. The molecule has 1 fully saturated rings. The normalized spacial score (nSPS) is 16.9. The van der Waals surface area contributed by atoms with Gasteiger partial charge in [-0.15, -0.1) is 11.8 Å². The van der Waals surface area contributed by atoms with Gasteiger partial charge < -0.3 is 10.6 Å². The number of rotatable bonds is 7. The van der Waals surface area contributed by atoms with Crippen LogP contribution >= 0.6 is 11.8 Å². The summed E-state index contributed by atoms with van der Waals surface area (Å²) in [7, 11) is 0. The highest BCUT2D eigenvalue weighted by Gasteiger charge is 2.16. The number of thioether (sulfide) groups is 1. The number of benzene rings is 1. The Kier molecular flexibility index (Phi) is 6.58. The van der Waals surface area contributed by atoms with Crippen molar-refractivity contribution in [3.8, 4) is 0 Å². The van der Waals surface area contributed by atoms with E-state index in [1.54, 1.807) is 0 Å². The standard InChI is InChI=1S/C17H26N2OS/c1-3-18-13(2)12-17(20)19-14-8-10-16(11-9-14)21-15-6-4-5-7-15/h8-11,13,15,18H,3-7,12H2,1-2H3,(H,19,20). The molecule has 1 amide bonds. The fraction of sp³-hybridized carbons (Fsp3) is 0.588. The lowest BCUT2D eigenvalue weighted by atomic mass is 10.2. The zero-order valence-corrected chi connectivity index (χ0v) is 13.8. The van der Waals surface area contributed by atoms with Crippen molar-refractivity contribution in [2.24, 2.45) is 0 Å². The molecule has 4 heteroatoms. The Balaban J connectivity index is 1.79. The highest BCUT2D eigenvalue weighted by molar-refractivity contribution is 8.00. The molecule has 1 atom stereocenters. The summed E-state index contributed by atoms with van der Waals surface area (Å²) >= 11 is 1.97. The molecule has 116 valence electrons. The minimum absolute atomic E-state index is 0.0691. The van der Waals surface area contributed by atoms with E-state index in [4.69, 9.17) is 0 Å². The number of amides is 1. The molecule has 1 aliphatic carbocycles. The molecule has 3 nitrogen and oxygen atoms in total. The van der Waals surface area contributed by atoms with Crippen molar-refractivity contribution in [3.63, 3.8) is 0 Å². The van der Waals surface area contributed by atoms with Crippen molar-refractivity contribution in [3.05, 3.63) is 24.3 Å². The average Bonchev–Trinajstić information content (AvgIpc) is 2.94. The van der Waals surface area contributed by atoms with E-state index in [2.05, 4.69) is 29.7 Å². The Hall–Kier alpha value is -1.00. The van der Waals surface area contributed by atoms with Gasteiger partial charge in [0.25, 0.3) is 0 Å². The van der Waals surface area contributed by atoms with Crippen LogP contribution in [0.2, 0.25) is 0 Å². The van der Waals surface area contributed by atoms with Crippen LogP contribution in [0.5, 0.6) is 0 Å². The van der Waals surface area contributed by atoms with E-state index in [0.717, 1.165) is 17.5 Å². The molecule has 21 heavy (non-hydrogen) atoms. The molecule has 0 aromatic heterocycles. The molecule has 0 aliphatic heterocycles. The fourth-order valence-electron chi connectivity index (χ4n) is 2.73. The average molecular weight is 306 g/mol.